The monoisotopic (exact) mass is 455 g/mol. The lowest BCUT2D eigenvalue weighted by Crippen LogP contribution is -2.65. The van der Waals surface area contributed by atoms with Crippen molar-refractivity contribution >= 4 is 16.1 Å². The van der Waals surface area contributed by atoms with Gasteiger partial charge < -0.3 is 0 Å². The minimum Gasteiger partial charge on any atom is -0.206 e. The number of rotatable bonds is 6. The number of nitrogens with zero attached hydrogens (tertiary/aromatic N) is 1. The molecule has 0 unspecified atom stereocenters. The van der Waals surface area contributed by atoms with Gasteiger partial charge in [-0.3, -0.25) is 0 Å². The molecule has 0 saturated carbocycles. The van der Waals surface area contributed by atoms with Gasteiger partial charge in [0.25, 0.3) is 10.0 Å². The third kappa shape index (κ3) is 3.86. The van der Waals surface area contributed by atoms with Gasteiger partial charge in [-0.15, -0.1) is 0 Å². The van der Waals surface area contributed by atoms with Crippen molar-refractivity contribution in [2.75, 3.05) is 6.54 Å². The van der Waals surface area contributed by atoms with Crippen molar-refractivity contribution in [1.82, 2.24) is 4.31 Å². The van der Waals surface area contributed by atoms with Crippen LogP contribution in [0.5, 0.6) is 0 Å². The lowest BCUT2D eigenvalue weighted by atomic mass is 10.1. The van der Waals surface area contributed by atoms with Crippen LogP contribution in [0.25, 0.3) is 6.08 Å². The third-order valence-electron chi connectivity index (χ3n) is 4.31. The van der Waals surface area contributed by atoms with Crippen molar-refractivity contribution in [3.8, 4) is 0 Å². The maximum absolute atomic E-state index is 14.0. The molecule has 164 valence electrons. The zero-order chi connectivity index (χ0) is 22.3. The van der Waals surface area contributed by atoms with Gasteiger partial charge in [0.15, 0.2) is 0 Å². The highest BCUT2D eigenvalue weighted by atomic mass is 32.2. The average molecular weight is 455 g/mol. The molecule has 1 heterocycles. The molecule has 1 fully saturated rings. The van der Waals surface area contributed by atoms with E-state index < -0.39 is 45.9 Å². The summed E-state index contributed by atoms with van der Waals surface area (Å²) in [5, 5.41) is -6.71. The Bertz CT molecular complexity index is 851. The summed E-state index contributed by atoms with van der Waals surface area (Å²) in [6, 6.07) is 6.52. The van der Waals surface area contributed by atoms with Crippen LogP contribution >= 0.6 is 0 Å². The fourth-order valence-corrected chi connectivity index (χ4v) is 4.36. The fourth-order valence-electron chi connectivity index (χ4n) is 2.71. The van der Waals surface area contributed by atoms with E-state index in [9.17, 15) is 47.9 Å². The van der Waals surface area contributed by atoms with E-state index >= 15 is 0 Å². The Balaban J connectivity index is 2.40. The van der Waals surface area contributed by atoms with Crippen molar-refractivity contribution in [3.63, 3.8) is 0 Å². The summed E-state index contributed by atoms with van der Waals surface area (Å²) in [7, 11) is -6.57. The van der Waals surface area contributed by atoms with Crippen LogP contribution in [-0.2, 0) is 10.0 Å². The molecule has 1 aliphatic rings. The molecule has 0 radical (unpaired) electrons. The summed E-state index contributed by atoms with van der Waals surface area (Å²) in [6.07, 6.45) is -4.91. The Labute approximate surface area is 159 Å². The molecule has 1 saturated heterocycles. The molecule has 2 rings (SSSR count). The molecule has 1 atom stereocenters. The van der Waals surface area contributed by atoms with E-state index in [-0.39, 0.29) is 17.1 Å². The minimum absolute atomic E-state index is 0.0830. The minimum atomic E-state index is -7.27. The van der Waals surface area contributed by atoms with E-state index in [1.54, 1.807) is 30.3 Å². The smallest absolute Gasteiger partial charge is 0.206 e. The quantitative estimate of drug-likeness (QED) is 0.572. The van der Waals surface area contributed by atoms with E-state index in [4.69, 9.17) is 0 Å². The normalized spacial score (nSPS) is 20.5. The average Bonchev–Trinajstić information content (AvgIpc) is 3.08. The number of alkyl halides is 9. The van der Waals surface area contributed by atoms with E-state index in [1.807, 2.05) is 0 Å². The van der Waals surface area contributed by atoms with Crippen LogP contribution in [0, 0.1) is 0 Å². The van der Waals surface area contributed by atoms with Gasteiger partial charge in [0.05, 0.1) is 0 Å². The molecule has 0 aromatic heterocycles. The summed E-state index contributed by atoms with van der Waals surface area (Å²) in [4.78, 5) is 0. The van der Waals surface area contributed by atoms with Gasteiger partial charge >= 0.3 is 23.3 Å². The third-order valence-corrected chi connectivity index (χ3v) is 6.28. The molecule has 0 spiro atoms. The second-order valence-corrected chi connectivity index (χ2v) is 8.19. The van der Waals surface area contributed by atoms with Crippen molar-refractivity contribution in [3.05, 3.63) is 42.0 Å². The summed E-state index contributed by atoms with van der Waals surface area (Å²) in [5.41, 5.74) is 0.498. The highest BCUT2D eigenvalue weighted by Gasteiger charge is 2.86. The first-order chi connectivity index (χ1) is 13.1. The van der Waals surface area contributed by atoms with Crippen LogP contribution in [0.4, 0.5) is 39.5 Å². The molecule has 0 aliphatic carbocycles. The lowest BCUT2D eigenvalue weighted by molar-refractivity contribution is -0.382. The van der Waals surface area contributed by atoms with E-state index in [2.05, 4.69) is 0 Å². The predicted octanol–water partition coefficient (Wildman–Crippen LogP) is 4.92. The van der Waals surface area contributed by atoms with Crippen LogP contribution in [0.2, 0.25) is 0 Å². The molecule has 13 heteroatoms. The van der Waals surface area contributed by atoms with Crippen molar-refractivity contribution in [1.29, 1.82) is 0 Å². The van der Waals surface area contributed by atoms with Gasteiger partial charge in [-0.05, 0) is 18.4 Å². The first-order valence-electron chi connectivity index (χ1n) is 8.02. The molecular weight excluding hydrogens is 441 g/mol. The fraction of sp³-hybridized carbons (Fsp3) is 0.500. The number of halogens is 9. The second kappa shape index (κ2) is 7.49. The Morgan fingerprint density at radius 2 is 1.45 bits per heavy atom. The molecule has 0 N–H and O–H groups in total. The van der Waals surface area contributed by atoms with Crippen LogP contribution in [0.3, 0.4) is 0 Å². The summed E-state index contributed by atoms with van der Waals surface area (Å²) in [6.45, 7) is -0.741. The van der Waals surface area contributed by atoms with Crippen LogP contribution in [0.15, 0.2) is 36.4 Å². The Kier molecular flexibility index (Phi) is 6.07. The van der Waals surface area contributed by atoms with Crippen molar-refractivity contribution < 1.29 is 47.9 Å². The SMILES string of the molecule is O=S(=O)(N1CCC[C@H]1/C=C/c1ccccc1)C(F)(F)C(F)(F)C(F)(F)C(F)(F)F. The molecule has 1 aliphatic heterocycles. The number of hydrogen-bond donors (Lipinski definition) is 0. The summed E-state index contributed by atoms with van der Waals surface area (Å²) >= 11 is 0. The van der Waals surface area contributed by atoms with Gasteiger partial charge in [-0.1, -0.05) is 42.5 Å². The maximum Gasteiger partial charge on any atom is 0.460 e. The van der Waals surface area contributed by atoms with Crippen LogP contribution in [0.1, 0.15) is 18.4 Å². The number of sulfonamides is 1. The Morgan fingerprint density at radius 1 is 0.897 bits per heavy atom. The lowest BCUT2D eigenvalue weighted by Gasteiger charge is -2.35. The van der Waals surface area contributed by atoms with E-state index in [0.717, 1.165) is 6.08 Å². The molecule has 3 nitrogen and oxygen atoms in total. The first-order valence-corrected chi connectivity index (χ1v) is 9.46. The highest BCUT2D eigenvalue weighted by Crippen LogP contribution is 2.55. The van der Waals surface area contributed by atoms with Crippen LogP contribution < -0.4 is 0 Å². The molecule has 29 heavy (non-hydrogen) atoms. The largest absolute Gasteiger partial charge is 0.460 e. The van der Waals surface area contributed by atoms with Gasteiger partial charge in [0.2, 0.25) is 0 Å². The highest BCUT2D eigenvalue weighted by molar-refractivity contribution is 7.90. The summed E-state index contributed by atoms with van der Waals surface area (Å²) in [5.74, 6) is -14.5. The maximum atomic E-state index is 14.0. The molecule has 1 aromatic rings. The number of benzene rings is 1. The predicted molar refractivity (Wildman–Crippen MR) is 85.0 cm³/mol. The zero-order valence-electron chi connectivity index (χ0n) is 14.3. The van der Waals surface area contributed by atoms with E-state index in [0.29, 0.717) is 5.56 Å². The Hall–Kier alpha value is -1.76. The standard InChI is InChI=1S/C16H14F9NO2S/c17-13(18,15(21,22)23)14(19,20)16(24,25)29(27,28)26-10-4-7-12(26)9-8-11-5-2-1-3-6-11/h1-3,5-6,8-9,12H,4,7,10H2/b9-8+/t12-/m0/s1. The molecular formula is C16H14F9NO2S. The van der Waals surface area contributed by atoms with Gasteiger partial charge in [-0.25, -0.2) is 8.42 Å². The van der Waals surface area contributed by atoms with E-state index in [1.165, 1.54) is 6.08 Å². The Morgan fingerprint density at radius 3 is 1.97 bits per heavy atom. The van der Waals surface area contributed by atoms with Crippen molar-refractivity contribution in [2.24, 2.45) is 0 Å². The summed E-state index contributed by atoms with van der Waals surface area (Å²) < 4.78 is 142. The second-order valence-electron chi connectivity index (χ2n) is 6.26. The molecule has 1 aromatic carbocycles. The van der Waals surface area contributed by atoms with Crippen LogP contribution in [-0.4, -0.2) is 48.6 Å². The molecule has 0 amide bonds. The number of hydrogen-bond acceptors (Lipinski definition) is 2. The topological polar surface area (TPSA) is 37.4 Å². The van der Waals surface area contributed by atoms with Gasteiger partial charge in [0.1, 0.15) is 0 Å². The molecule has 0 bridgehead atoms. The van der Waals surface area contributed by atoms with Crippen molar-refractivity contribution in [2.45, 2.75) is 42.2 Å². The van der Waals surface area contributed by atoms with Gasteiger partial charge in [-0.2, -0.15) is 43.8 Å². The van der Waals surface area contributed by atoms with Gasteiger partial charge in [0, 0.05) is 12.6 Å². The first kappa shape index (κ1) is 23.5. The zero-order valence-corrected chi connectivity index (χ0v) is 15.1.